The fourth-order valence-electron chi connectivity index (χ4n) is 7.85. The van der Waals surface area contributed by atoms with E-state index in [1.165, 1.54) is 19.1 Å². The number of benzene rings is 3. The Bertz CT molecular complexity index is 2220. The van der Waals surface area contributed by atoms with Gasteiger partial charge in [0.2, 0.25) is 5.30 Å². The lowest BCUT2D eigenvalue weighted by Crippen LogP contribution is -2.38. The number of nitrogens with zero attached hydrogens (tertiary/aromatic N) is 1. The highest BCUT2D eigenvalue weighted by atomic mass is 35.5. The summed E-state index contributed by atoms with van der Waals surface area (Å²) < 4.78 is 76.2. The molecule has 7 rings (SSSR count). The first-order valence-electron chi connectivity index (χ1n) is 18.9. The normalized spacial score (nSPS) is 18.1. The standard InChI is InChI=1S/C41H41ClF3N2O9P/c1-22(48)11-12-24-20-30-35(31(42)33(24)55-38(51)39(2,3)4)54-34-27-10-8-17-47-16-7-9-23(32(27)47)19-29(34)40(30)28-21-25(13-14-26(28)36(49)56-40)57(52)53-18-6-5-15-46-37(50)41(43,44)45/h13-14,19-21H,5-12,15-18H2,1-4H3/p+1. The molecule has 0 fully saturated rings. The second-order valence-electron chi connectivity index (χ2n) is 15.8. The Kier molecular flexibility index (Phi) is 10.9. The van der Waals surface area contributed by atoms with Crippen molar-refractivity contribution in [3.63, 3.8) is 0 Å². The van der Waals surface area contributed by atoms with Crippen molar-refractivity contribution in [1.29, 1.82) is 0 Å². The topological polar surface area (TPSA) is 138 Å². The smallest absolute Gasteiger partial charge is 0.454 e. The number of amides is 1. The molecule has 4 aliphatic rings. The van der Waals surface area contributed by atoms with Crippen molar-refractivity contribution in [3.05, 3.63) is 74.3 Å². The third-order valence-electron chi connectivity index (χ3n) is 10.6. The summed E-state index contributed by atoms with van der Waals surface area (Å²) in [6.45, 7) is 8.01. The zero-order valence-corrected chi connectivity index (χ0v) is 33.6. The van der Waals surface area contributed by atoms with Crippen LogP contribution in [0.25, 0.3) is 0 Å². The molecule has 302 valence electrons. The summed E-state index contributed by atoms with van der Waals surface area (Å²) in [5.41, 5.74) is 2.39. The van der Waals surface area contributed by atoms with Gasteiger partial charge in [0.1, 0.15) is 23.2 Å². The number of hydrogen-bond donors (Lipinski definition) is 1. The van der Waals surface area contributed by atoms with Gasteiger partial charge in [-0.05, 0) is 113 Å². The maximum atomic E-state index is 14.0. The van der Waals surface area contributed by atoms with Gasteiger partial charge in [-0.15, -0.1) is 4.52 Å². The lowest BCUT2D eigenvalue weighted by Gasteiger charge is -2.43. The predicted octanol–water partition coefficient (Wildman–Crippen LogP) is 7.92. The quantitative estimate of drug-likeness (QED) is 0.0879. The van der Waals surface area contributed by atoms with Crippen molar-refractivity contribution < 1.29 is 55.6 Å². The number of alkyl halides is 3. The van der Waals surface area contributed by atoms with Gasteiger partial charge in [-0.25, -0.2) is 4.79 Å². The number of halogens is 4. The number of esters is 2. The number of unbranched alkanes of at least 4 members (excludes halogenated alkanes) is 1. The van der Waals surface area contributed by atoms with E-state index in [1.54, 1.807) is 38.2 Å². The minimum Gasteiger partial charge on any atom is -0.454 e. The van der Waals surface area contributed by atoms with Crippen LogP contribution in [0, 0.1) is 5.41 Å². The van der Waals surface area contributed by atoms with E-state index in [2.05, 4.69) is 4.90 Å². The van der Waals surface area contributed by atoms with Crippen molar-refractivity contribution >= 4 is 54.2 Å². The molecule has 4 aliphatic heterocycles. The molecule has 1 spiro atoms. The molecule has 11 nitrogen and oxygen atoms in total. The maximum absolute atomic E-state index is 14.0. The van der Waals surface area contributed by atoms with Gasteiger partial charge in [0.15, 0.2) is 17.1 Å². The lowest BCUT2D eigenvalue weighted by molar-refractivity contribution is -0.173. The SMILES string of the molecule is CC(=O)CCc1cc2c(c(Cl)c1OC(=O)C(C)(C)C)Oc1c(cc3c4c1CCCN4CCC3)C21OC(=O)c2ccc([P+](=O)OCCCCNC(=O)C(F)(F)F)cc21. The van der Waals surface area contributed by atoms with Crippen molar-refractivity contribution in [2.24, 2.45) is 5.41 Å². The number of anilines is 1. The Hall–Kier alpha value is -4.52. The van der Waals surface area contributed by atoms with Crippen LogP contribution in [-0.4, -0.2) is 56.0 Å². The molecule has 3 aromatic carbocycles. The van der Waals surface area contributed by atoms with E-state index in [0.717, 1.165) is 49.2 Å². The molecule has 0 saturated heterocycles. The van der Waals surface area contributed by atoms with Gasteiger partial charge in [-0.2, -0.15) is 13.2 Å². The van der Waals surface area contributed by atoms with Gasteiger partial charge in [-0.3, -0.25) is 9.59 Å². The second-order valence-corrected chi connectivity index (χ2v) is 17.5. The zero-order valence-electron chi connectivity index (χ0n) is 32.0. The zero-order chi connectivity index (χ0) is 41.0. The number of ether oxygens (including phenoxy) is 3. The number of Topliss-reactive ketones (excluding diaryl/α,β-unsaturated/α-hetero) is 1. The van der Waals surface area contributed by atoms with E-state index >= 15 is 0 Å². The highest BCUT2D eigenvalue weighted by Gasteiger charge is 2.56. The molecule has 0 saturated carbocycles. The molecular weight excluding hydrogens is 788 g/mol. The predicted molar refractivity (Wildman–Crippen MR) is 204 cm³/mol. The fourth-order valence-corrected chi connectivity index (χ4v) is 9.03. The van der Waals surface area contributed by atoms with Crippen LogP contribution in [0.3, 0.4) is 0 Å². The average molecular weight is 830 g/mol. The molecule has 4 heterocycles. The van der Waals surface area contributed by atoms with Gasteiger partial charge >= 0.3 is 32.1 Å². The summed E-state index contributed by atoms with van der Waals surface area (Å²) >= 11 is 7.25. The van der Waals surface area contributed by atoms with Gasteiger partial charge < -0.3 is 29.2 Å². The molecule has 0 bridgehead atoms. The summed E-state index contributed by atoms with van der Waals surface area (Å²) in [5, 5.41) is 1.99. The van der Waals surface area contributed by atoms with Crippen LogP contribution < -0.4 is 25.0 Å². The molecule has 2 unspecified atom stereocenters. The first-order chi connectivity index (χ1) is 26.9. The molecule has 0 aromatic heterocycles. The Morgan fingerprint density at radius 1 is 1.00 bits per heavy atom. The van der Waals surface area contributed by atoms with E-state index in [0.29, 0.717) is 34.4 Å². The van der Waals surface area contributed by atoms with Crippen molar-refractivity contribution in [2.75, 3.05) is 31.1 Å². The van der Waals surface area contributed by atoms with Crippen LogP contribution in [0.4, 0.5) is 18.9 Å². The van der Waals surface area contributed by atoms with E-state index in [4.69, 9.17) is 30.3 Å². The van der Waals surface area contributed by atoms with Crippen molar-refractivity contribution in [2.45, 2.75) is 90.8 Å². The molecule has 3 aromatic rings. The largest absolute Gasteiger partial charge is 0.548 e. The summed E-state index contributed by atoms with van der Waals surface area (Å²) in [5.74, 6) is -2.74. The van der Waals surface area contributed by atoms with Crippen molar-refractivity contribution in [3.8, 4) is 17.2 Å². The minimum atomic E-state index is -4.99. The summed E-state index contributed by atoms with van der Waals surface area (Å²) in [6, 6.07) is 8.32. The number of aryl methyl sites for hydroxylation is 2. The third-order valence-corrected chi connectivity index (χ3v) is 12.1. The Morgan fingerprint density at radius 3 is 2.42 bits per heavy atom. The number of ketones is 1. The van der Waals surface area contributed by atoms with Crippen LogP contribution in [0.5, 0.6) is 17.2 Å². The molecular formula is C41H42ClF3N2O9P+. The maximum Gasteiger partial charge on any atom is 0.548 e. The van der Waals surface area contributed by atoms with Gasteiger partial charge in [0.05, 0.1) is 11.0 Å². The number of carbonyl (C=O) groups excluding carboxylic acids is 4. The molecule has 0 radical (unpaired) electrons. The number of rotatable bonds is 11. The number of hydrogen-bond acceptors (Lipinski definition) is 10. The van der Waals surface area contributed by atoms with Crippen LogP contribution in [0.2, 0.25) is 5.02 Å². The van der Waals surface area contributed by atoms with Crippen molar-refractivity contribution in [1.82, 2.24) is 5.32 Å². The second kappa shape index (κ2) is 15.3. The van der Waals surface area contributed by atoms with Gasteiger partial charge in [0.25, 0.3) is 0 Å². The van der Waals surface area contributed by atoms with Crippen LogP contribution in [-0.2, 0) is 53.1 Å². The van der Waals surface area contributed by atoms with Gasteiger partial charge in [0, 0.05) is 60.1 Å². The molecule has 0 aliphatic carbocycles. The third kappa shape index (κ3) is 7.52. The first kappa shape index (κ1) is 40.7. The van der Waals surface area contributed by atoms with Crippen LogP contribution in [0.15, 0.2) is 30.3 Å². The average Bonchev–Trinajstić information content (AvgIpc) is 3.44. The molecule has 57 heavy (non-hydrogen) atoms. The van der Waals surface area contributed by atoms with E-state index in [1.807, 2.05) is 6.07 Å². The first-order valence-corrected chi connectivity index (χ1v) is 20.5. The summed E-state index contributed by atoms with van der Waals surface area (Å²) in [7, 11) is -2.53. The van der Waals surface area contributed by atoms with E-state index in [9.17, 15) is 36.9 Å². The highest BCUT2D eigenvalue weighted by Crippen LogP contribution is 2.62. The minimum absolute atomic E-state index is 0.0345. The number of nitrogens with one attached hydrogen (secondary N) is 1. The van der Waals surface area contributed by atoms with Gasteiger partial charge in [-0.1, -0.05) is 11.6 Å². The van der Waals surface area contributed by atoms with E-state index in [-0.39, 0.29) is 72.0 Å². The Balaban J connectivity index is 1.35. The Labute approximate surface area is 333 Å². The Morgan fingerprint density at radius 2 is 1.72 bits per heavy atom. The highest BCUT2D eigenvalue weighted by molar-refractivity contribution is 7.48. The number of carbonyl (C=O) groups is 4. The molecule has 1 N–H and O–H groups in total. The number of fused-ring (bicyclic) bond motifs is 7. The van der Waals surface area contributed by atoms with Crippen LogP contribution in [0.1, 0.15) is 104 Å². The molecule has 16 heteroatoms. The molecule has 1 amide bonds. The lowest BCUT2D eigenvalue weighted by atomic mass is 9.74. The summed E-state index contributed by atoms with van der Waals surface area (Å²) in [6.07, 6.45) is -1.16. The molecule has 2 atom stereocenters. The van der Waals surface area contributed by atoms with E-state index < -0.39 is 43.1 Å². The summed E-state index contributed by atoms with van der Waals surface area (Å²) in [4.78, 5) is 53.1. The monoisotopic (exact) mass is 829 g/mol. The fraction of sp³-hybridized carbons (Fsp3) is 0.463. The van der Waals surface area contributed by atoms with Crippen LogP contribution >= 0.6 is 19.6 Å².